The highest BCUT2D eigenvalue weighted by Crippen LogP contribution is 2.21. The maximum Gasteiger partial charge on any atom is 0.321 e. The summed E-state index contributed by atoms with van der Waals surface area (Å²) in [5.74, 6) is -0.0622. The second kappa shape index (κ2) is 9.65. The fraction of sp³-hybridized carbons (Fsp3) is 0.417. The van der Waals surface area contributed by atoms with Gasteiger partial charge in [-0.15, -0.1) is 0 Å². The summed E-state index contributed by atoms with van der Waals surface area (Å²) in [7, 11) is 5.86. The molecule has 2 aromatic carbocycles. The molecule has 2 aromatic rings. The van der Waals surface area contributed by atoms with Gasteiger partial charge in [0.2, 0.25) is 5.91 Å². The minimum absolute atomic E-state index is 0.0970. The zero-order valence-electron chi connectivity index (χ0n) is 18.4. The number of likely N-dealkylation sites (tertiary alicyclic amines) is 1. The number of carbonyl (C=O) groups excluding carboxylic acids is 2. The summed E-state index contributed by atoms with van der Waals surface area (Å²) in [4.78, 5) is 31.3. The van der Waals surface area contributed by atoms with Crippen LogP contribution in [0.1, 0.15) is 24.0 Å². The van der Waals surface area contributed by atoms with Crippen LogP contribution in [0.15, 0.2) is 48.5 Å². The number of nitrogens with zero attached hydrogens (tertiary/aromatic N) is 3. The Balaban J connectivity index is 1.57. The van der Waals surface area contributed by atoms with Crippen LogP contribution in [-0.4, -0.2) is 56.0 Å². The largest absolute Gasteiger partial charge is 0.378 e. The van der Waals surface area contributed by atoms with Gasteiger partial charge >= 0.3 is 6.03 Å². The van der Waals surface area contributed by atoms with E-state index in [-0.39, 0.29) is 17.9 Å². The van der Waals surface area contributed by atoms with Crippen molar-refractivity contribution in [3.05, 3.63) is 59.7 Å². The summed E-state index contributed by atoms with van der Waals surface area (Å²) in [6.45, 7) is 3.70. The molecule has 1 heterocycles. The zero-order chi connectivity index (χ0) is 21.7. The molecule has 0 radical (unpaired) electrons. The number of piperidine rings is 1. The van der Waals surface area contributed by atoms with Gasteiger partial charge in [0, 0.05) is 52.2 Å². The fourth-order valence-electron chi connectivity index (χ4n) is 3.85. The molecule has 0 aliphatic carbocycles. The normalized spacial score (nSPS) is 16.1. The van der Waals surface area contributed by atoms with Gasteiger partial charge in [-0.2, -0.15) is 0 Å². The van der Waals surface area contributed by atoms with E-state index >= 15 is 0 Å². The van der Waals surface area contributed by atoms with Crippen LogP contribution in [0.3, 0.4) is 0 Å². The van der Waals surface area contributed by atoms with Crippen molar-refractivity contribution < 1.29 is 9.59 Å². The quantitative estimate of drug-likeness (QED) is 0.815. The molecule has 0 saturated carbocycles. The maximum absolute atomic E-state index is 13.0. The Bertz CT molecular complexity index is 879. The molecule has 1 fully saturated rings. The molecule has 1 unspecified atom stereocenters. The SMILES string of the molecule is Cc1cccc(NC(=O)N2CCCC(C(=O)N(C)Cc3ccc(N(C)C)cc3)C2)c1. The first-order valence-electron chi connectivity index (χ1n) is 10.5. The minimum atomic E-state index is -0.159. The van der Waals surface area contributed by atoms with Gasteiger partial charge in [0.15, 0.2) is 0 Å². The van der Waals surface area contributed by atoms with Crippen molar-refractivity contribution in [1.29, 1.82) is 0 Å². The molecule has 1 atom stereocenters. The summed E-state index contributed by atoms with van der Waals surface area (Å²) in [6, 6.07) is 15.8. The van der Waals surface area contributed by atoms with E-state index in [2.05, 4.69) is 34.5 Å². The lowest BCUT2D eigenvalue weighted by atomic mass is 9.96. The van der Waals surface area contributed by atoms with E-state index in [9.17, 15) is 9.59 Å². The van der Waals surface area contributed by atoms with Gasteiger partial charge in [-0.1, -0.05) is 24.3 Å². The molecule has 0 bridgehead atoms. The molecule has 30 heavy (non-hydrogen) atoms. The Morgan fingerprint density at radius 2 is 1.83 bits per heavy atom. The van der Waals surface area contributed by atoms with Crippen molar-refractivity contribution in [1.82, 2.24) is 9.80 Å². The molecule has 1 aliphatic rings. The number of amides is 3. The van der Waals surface area contributed by atoms with Crippen LogP contribution in [0.4, 0.5) is 16.2 Å². The van der Waals surface area contributed by atoms with Crippen molar-refractivity contribution in [3.63, 3.8) is 0 Å². The number of urea groups is 1. The van der Waals surface area contributed by atoms with Crippen LogP contribution < -0.4 is 10.2 Å². The Labute approximate surface area is 179 Å². The number of hydrogen-bond donors (Lipinski definition) is 1. The van der Waals surface area contributed by atoms with Crippen LogP contribution in [0.25, 0.3) is 0 Å². The van der Waals surface area contributed by atoms with Gasteiger partial charge in [0.1, 0.15) is 0 Å². The van der Waals surface area contributed by atoms with Crippen molar-refractivity contribution in [2.75, 3.05) is 44.4 Å². The second-order valence-corrected chi connectivity index (χ2v) is 8.34. The molecule has 1 N–H and O–H groups in total. The molecule has 160 valence electrons. The molecule has 3 rings (SSSR count). The van der Waals surface area contributed by atoms with E-state index < -0.39 is 0 Å². The summed E-state index contributed by atoms with van der Waals surface area (Å²) in [5.41, 5.74) is 4.11. The highest BCUT2D eigenvalue weighted by molar-refractivity contribution is 5.90. The molecule has 6 nitrogen and oxygen atoms in total. The molecule has 0 spiro atoms. The van der Waals surface area contributed by atoms with Crippen LogP contribution in [0, 0.1) is 12.8 Å². The highest BCUT2D eigenvalue weighted by atomic mass is 16.2. The minimum Gasteiger partial charge on any atom is -0.378 e. The third-order valence-electron chi connectivity index (χ3n) is 5.58. The number of benzene rings is 2. The van der Waals surface area contributed by atoms with E-state index in [4.69, 9.17) is 0 Å². The van der Waals surface area contributed by atoms with Gasteiger partial charge in [-0.05, 0) is 55.2 Å². The van der Waals surface area contributed by atoms with Crippen LogP contribution >= 0.6 is 0 Å². The third-order valence-corrected chi connectivity index (χ3v) is 5.58. The third kappa shape index (κ3) is 5.53. The van der Waals surface area contributed by atoms with E-state index in [1.165, 1.54) is 0 Å². The molecule has 0 aromatic heterocycles. The first kappa shape index (κ1) is 21.7. The topological polar surface area (TPSA) is 55.9 Å². The van der Waals surface area contributed by atoms with Gasteiger partial charge in [0.05, 0.1) is 5.92 Å². The predicted molar refractivity (Wildman–Crippen MR) is 122 cm³/mol. The molecular formula is C24H32N4O2. The lowest BCUT2D eigenvalue weighted by Gasteiger charge is -2.34. The zero-order valence-corrected chi connectivity index (χ0v) is 18.4. The lowest BCUT2D eigenvalue weighted by Crippen LogP contribution is -2.47. The van der Waals surface area contributed by atoms with Crippen LogP contribution in [0.5, 0.6) is 0 Å². The van der Waals surface area contributed by atoms with E-state index in [0.29, 0.717) is 19.6 Å². The van der Waals surface area contributed by atoms with Gasteiger partial charge in [-0.3, -0.25) is 4.79 Å². The molecule has 3 amide bonds. The molecule has 6 heteroatoms. The van der Waals surface area contributed by atoms with Crippen LogP contribution in [-0.2, 0) is 11.3 Å². The van der Waals surface area contributed by atoms with Crippen molar-refractivity contribution in [2.45, 2.75) is 26.3 Å². The predicted octanol–water partition coefficient (Wildman–Crippen LogP) is 3.96. The smallest absolute Gasteiger partial charge is 0.321 e. The van der Waals surface area contributed by atoms with Gasteiger partial charge < -0.3 is 20.0 Å². The lowest BCUT2D eigenvalue weighted by molar-refractivity contribution is -0.136. The summed E-state index contributed by atoms with van der Waals surface area (Å²) < 4.78 is 0. The maximum atomic E-state index is 13.0. The van der Waals surface area contributed by atoms with E-state index in [1.807, 2.05) is 52.3 Å². The highest BCUT2D eigenvalue weighted by Gasteiger charge is 2.30. The summed E-state index contributed by atoms with van der Waals surface area (Å²) in [5, 5.41) is 2.95. The number of rotatable bonds is 5. The number of nitrogens with one attached hydrogen (secondary N) is 1. The average Bonchev–Trinajstić information content (AvgIpc) is 2.73. The van der Waals surface area contributed by atoms with Gasteiger partial charge in [-0.25, -0.2) is 4.79 Å². The molecule has 1 aliphatic heterocycles. The van der Waals surface area contributed by atoms with Crippen LogP contribution in [0.2, 0.25) is 0 Å². The Kier molecular flexibility index (Phi) is 6.98. The van der Waals surface area contributed by atoms with Crippen molar-refractivity contribution in [3.8, 4) is 0 Å². The number of hydrogen-bond acceptors (Lipinski definition) is 3. The van der Waals surface area contributed by atoms with Gasteiger partial charge in [0.25, 0.3) is 0 Å². The summed E-state index contributed by atoms with van der Waals surface area (Å²) >= 11 is 0. The Morgan fingerprint density at radius 1 is 1.10 bits per heavy atom. The van der Waals surface area contributed by atoms with E-state index in [0.717, 1.165) is 35.3 Å². The number of anilines is 2. The monoisotopic (exact) mass is 408 g/mol. The van der Waals surface area contributed by atoms with E-state index in [1.54, 1.807) is 9.80 Å². The van der Waals surface area contributed by atoms with Crippen molar-refractivity contribution in [2.24, 2.45) is 5.92 Å². The molecule has 1 saturated heterocycles. The fourth-order valence-corrected chi connectivity index (χ4v) is 3.85. The molecular weight excluding hydrogens is 376 g/mol. The summed E-state index contributed by atoms with van der Waals surface area (Å²) in [6.07, 6.45) is 1.65. The first-order chi connectivity index (χ1) is 14.3. The average molecular weight is 409 g/mol. The number of aryl methyl sites for hydroxylation is 1. The first-order valence-corrected chi connectivity index (χ1v) is 10.5. The second-order valence-electron chi connectivity index (χ2n) is 8.34. The standard InChI is InChI=1S/C24H32N4O2/c1-18-7-5-9-21(15-18)25-24(30)28-14-6-8-20(17-28)23(29)27(4)16-19-10-12-22(13-11-19)26(2)3/h5,7,9-13,15,20H,6,8,14,16-17H2,1-4H3,(H,25,30). The number of carbonyl (C=O) groups is 2. The van der Waals surface area contributed by atoms with Crippen molar-refractivity contribution >= 4 is 23.3 Å². The Hall–Kier alpha value is -3.02. The Morgan fingerprint density at radius 3 is 2.50 bits per heavy atom.